The van der Waals surface area contributed by atoms with Gasteiger partial charge in [0.25, 0.3) is 0 Å². The lowest BCUT2D eigenvalue weighted by atomic mass is 9.98. The molecule has 0 N–H and O–H groups in total. The fourth-order valence-electron chi connectivity index (χ4n) is 8.34. The minimum atomic E-state index is 0.850. The SMILES string of the molecule is c1ccc2c(c1)oc1cc(N(c3ccc(-c4cccc5sc6ccc7c8ccccc8oc7c6c45)cc3)c3cccc4oc5ccccc5c34)ccc12. The van der Waals surface area contributed by atoms with Gasteiger partial charge in [0.15, 0.2) is 0 Å². The largest absolute Gasteiger partial charge is 0.456 e. The van der Waals surface area contributed by atoms with Gasteiger partial charge < -0.3 is 18.2 Å². The van der Waals surface area contributed by atoms with Gasteiger partial charge in [-0.1, -0.05) is 84.9 Å². The van der Waals surface area contributed by atoms with Crippen molar-refractivity contribution in [2.45, 2.75) is 0 Å². The Hall–Kier alpha value is -6.82. The van der Waals surface area contributed by atoms with E-state index in [0.29, 0.717) is 0 Å². The third-order valence-electron chi connectivity index (χ3n) is 10.7. The molecule has 5 heteroatoms. The zero-order chi connectivity index (χ0) is 34.6. The second kappa shape index (κ2) is 10.8. The van der Waals surface area contributed by atoms with Crippen LogP contribution in [0.2, 0.25) is 0 Å². The molecule has 248 valence electrons. The number of benzene rings is 8. The van der Waals surface area contributed by atoms with Crippen molar-refractivity contribution in [3.8, 4) is 11.1 Å². The third kappa shape index (κ3) is 4.17. The molecule has 8 aromatic carbocycles. The highest BCUT2D eigenvalue weighted by atomic mass is 32.1. The number of thiophene rings is 1. The van der Waals surface area contributed by atoms with Crippen LogP contribution in [0, 0.1) is 0 Å². The summed E-state index contributed by atoms with van der Waals surface area (Å²) in [4.78, 5) is 2.32. The van der Waals surface area contributed by atoms with E-state index >= 15 is 0 Å². The molecule has 0 aliphatic rings. The van der Waals surface area contributed by atoms with E-state index in [9.17, 15) is 0 Å². The van der Waals surface area contributed by atoms with E-state index in [1.165, 1.54) is 25.7 Å². The van der Waals surface area contributed by atoms with Gasteiger partial charge in [-0.15, -0.1) is 11.3 Å². The predicted molar refractivity (Wildman–Crippen MR) is 221 cm³/mol. The number of fused-ring (bicyclic) bond motifs is 13. The average molecular weight is 698 g/mol. The van der Waals surface area contributed by atoms with Crippen LogP contribution in [0.15, 0.2) is 177 Å². The summed E-state index contributed by atoms with van der Waals surface area (Å²) in [5, 5.41) is 9.06. The van der Waals surface area contributed by atoms with E-state index in [-0.39, 0.29) is 0 Å². The molecule has 0 radical (unpaired) electrons. The van der Waals surface area contributed by atoms with Crippen molar-refractivity contribution in [3.05, 3.63) is 164 Å². The smallest absolute Gasteiger partial charge is 0.144 e. The second-order valence-corrected chi connectivity index (χ2v) is 14.7. The molecule has 0 amide bonds. The van der Waals surface area contributed by atoms with E-state index in [0.717, 1.165) is 88.4 Å². The fourth-order valence-corrected chi connectivity index (χ4v) is 9.47. The highest BCUT2D eigenvalue weighted by Gasteiger charge is 2.22. The number of rotatable bonds is 4. The summed E-state index contributed by atoms with van der Waals surface area (Å²) >= 11 is 1.82. The molecule has 12 rings (SSSR count). The molecule has 4 heterocycles. The summed E-state index contributed by atoms with van der Waals surface area (Å²) < 4.78 is 21.8. The Labute approximate surface area is 306 Å². The summed E-state index contributed by atoms with van der Waals surface area (Å²) in [7, 11) is 0. The Kier molecular flexibility index (Phi) is 5.90. The maximum atomic E-state index is 6.56. The van der Waals surface area contributed by atoms with Gasteiger partial charge in [0.05, 0.1) is 11.1 Å². The number of anilines is 3. The fraction of sp³-hybridized carbons (Fsp3) is 0. The number of para-hydroxylation sites is 3. The van der Waals surface area contributed by atoms with Gasteiger partial charge in [0.1, 0.15) is 33.5 Å². The second-order valence-electron chi connectivity index (χ2n) is 13.6. The monoisotopic (exact) mass is 697 g/mol. The zero-order valence-electron chi connectivity index (χ0n) is 28.2. The maximum Gasteiger partial charge on any atom is 0.144 e. The molecule has 0 unspecified atom stereocenters. The number of nitrogens with zero attached hydrogens (tertiary/aromatic N) is 1. The van der Waals surface area contributed by atoms with Gasteiger partial charge in [-0.05, 0) is 83.9 Å². The molecule has 0 aliphatic carbocycles. The predicted octanol–water partition coefficient (Wildman–Crippen LogP) is 14.9. The molecular weight excluding hydrogens is 671 g/mol. The number of hydrogen-bond donors (Lipinski definition) is 0. The summed E-state index contributed by atoms with van der Waals surface area (Å²) in [6.45, 7) is 0. The molecule has 4 aromatic heterocycles. The first kappa shape index (κ1) is 28.8. The molecule has 0 bridgehead atoms. The lowest BCUT2D eigenvalue weighted by Gasteiger charge is -2.26. The van der Waals surface area contributed by atoms with E-state index in [1.54, 1.807) is 0 Å². The lowest BCUT2D eigenvalue weighted by molar-refractivity contribution is 0.669. The van der Waals surface area contributed by atoms with Gasteiger partial charge in [-0.3, -0.25) is 0 Å². The minimum Gasteiger partial charge on any atom is -0.456 e. The number of hydrogen-bond acceptors (Lipinski definition) is 5. The third-order valence-corrected chi connectivity index (χ3v) is 11.8. The van der Waals surface area contributed by atoms with Crippen LogP contribution in [0.5, 0.6) is 0 Å². The van der Waals surface area contributed by atoms with Crippen LogP contribution in [-0.2, 0) is 0 Å². The van der Waals surface area contributed by atoms with Crippen molar-refractivity contribution >= 4 is 114 Å². The summed E-state index contributed by atoms with van der Waals surface area (Å²) in [6.07, 6.45) is 0. The Morgan fingerprint density at radius 3 is 1.81 bits per heavy atom. The molecule has 4 nitrogen and oxygen atoms in total. The quantitative estimate of drug-likeness (QED) is 0.184. The van der Waals surface area contributed by atoms with Crippen molar-refractivity contribution in [1.29, 1.82) is 0 Å². The first-order valence-electron chi connectivity index (χ1n) is 17.7. The molecule has 0 fully saturated rings. The first-order valence-corrected chi connectivity index (χ1v) is 18.6. The van der Waals surface area contributed by atoms with Gasteiger partial charge in [0, 0.05) is 64.5 Å². The van der Waals surface area contributed by atoms with Crippen LogP contribution >= 0.6 is 11.3 Å². The van der Waals surface area contributed by atoms with Gasteiger partial charge >= 0.3 is 0 Å². The van der Waals surface area contributed by atoms with Crippen LogP contribution in [0.4, 0.5) is 17.1 Å². The van der Waals surface area contributed by atoms with Crippen LogP contribution in [-0.4, -0.2) is 0 Å². The van der Waals surface area contributed by atoms with Gasteiger partial charge in [-0.2, -0.15) is 0 Å². The minimum absolute atomic E-state index is 0.850. The Morgan fingerprint density at radius 2 is 0.981 bits per heavy atom. The highest BCUT2D eigenvalue weighted by molar-refractivity contribution is 7.26. The maximum absolute atomic E-state index is 6.56. The molecular formula is C48H27NO3S. The molecule has 0 spiro atoms. The van der Waals surface area contributed by atoms with Gasteiger partial charge in [0.2, 0.25) is 0 Å². The summed E-state index contributed by atoms with van der Waals surface area (Å²) in [5.41, 5.74) is 10.7. The van der Waals surface area contributed by atoms with E-state index in [1.807, 2.05) is 47.7 Å². The van der Waals surface area contributed by atoms with Gasteiger partial charge in [-0.25, -0.2) is 0 Å². The van der Waals surface area contributed by atoms with Crippen LogP contribution in [0.25, 0.3) is 97.1 Å². The molecule has 12 aromatic rings. The lowest BCUT2D eigenvalue weighted by Crippen LogP contribution is -2.10. The Balaban J connectivity index is 1.07. The van der Waals surface area contributed by atoms with E-state index in [2.05, 4.69) is 132 Å². The first-order chi connectivity index (χ1) is 26.3. The standard InChI is InChI=1S/C48H27NO3S/c1-4-14-38-32(9-1)34-24-23-30(27-42(34)51-38)49(37-13-8-17-41-45(37)36-11-3-6-16-40(36)50-41)29-21-19-28(20-22-29)31-12-7-18-43-46(31)47-44(53-43)26-25-35-33-10-2-5-15-39(33)52-48(35)47/h1-27H. The molecule has 53 heavy (non-hydrogen) atoms. The molecule has 0 saturated heterocycles. The van der Waals surface area contributed by atoms with Crippen LogP contribution in [0.3, 0.4) is 0 Å². The number of furan rings is 3. The van der Waals surface area contributed by atoms with Crippen LogP contribution < -0.4 is 4.90 Å². The van der Waals surface area contributed by atoms with Crippen molar-refractivity contribution in [2.75, 3.05) is 4.90 Å². The Morgan fingerprint density at radius 1 is 0.377 bits per heavy atom. The average Bonchev–Trinajstić information content (AvgIpc) is 3.98. The summed E-state index contributed by atoms with van der Waals surface area (Å²) in [5.74, 6) is 0. The van der Waals surface area contributed by atoms with Crippen molar-refractivity contribution in [3.63, 3.8) is 0 Å². The van der Waals surface area contributed by atoms with Crippen molar-refractivity contribution in [1.82, 2.24) is 0 Å². The zero-order valence-corrected chi connectivity index (χ0v) is 29.0. The topological polar surface area (TPSA) is 42.7 Å². The van der Waals surface area contributed by atoms with Crippen molar-refractivity contribution < 1.29 is 13.3 Å². The van der Waals surface area contributed by atoms with Crippen LogP contribution in [0.1, 0.15) is 0 Å². The van der Waals surface area contributed by atoms with E-state index in [4.69, 9.17) is 13.3 Å². The Bertz CT molecular complexity index is 3420. The molecule has 0 atom stereocenters. The van der Waals surface area contributed by atoms with Crippen molar-refractivity contribution in [2.24, 2.45) is 0 Å². The normalized spacial score (nSPS) is 12.2. The van der Waals surface area contributed by atoms with E-state index < -0.39 is 0 Å². The molecule has 0 saturated carbocycles. The summed E-state index contributed by atoms with van der Waals surface area (Å²) in [6, 6.07) is 57.6. The molecule has 0 aliphatic heterocycles. The highest BCUT2D eigenvalue weighted by Crippen LogP contribution is 2.47.